The molecule has 0 aromatic rings. The van der Waals surface area contributed by atoms with Crippen LogP contribution in [-0.4, -0.2) is 35.0 Å². The lowest BCUT2D eigenvalue weighted by Gasteiger charge is -2.28. The minimum absolute atomic E-state index is 0.0106. The Kier molecular flexibility index (Phi) is 4.93. The number of ether oxygens (including phenoxy) is 1. The molecule has 0 spiro atoms. The van der Waals surface area contributed by atoms with Crippen molar-refractivity contribution in [1.29, 1.82) is 0 Å². The largest absolute Gasteiger partial charge is 0.444 e. The molecule has 1 saturated heterocycles. The van der Waals surface area contributed by atoms with Crippen molar-refractivity contribution in [3.63, 3.8) is 0 Å². The van der Waals surface area contributed by atoms with Crippen LogP contribution in [0.15, 0.2) is 12.2 Å². The fourth-order valence-electron chi connectivity index (χ4n) is 2.10. The van der Waals surface area contributed by atoms with Gasteiger partial charge in [0.1, 0.15) is 5.60 Å². The maximum Gasteiger partial charge on any atom is 0.410 e. The number of nitrogens with zero attached hydrogens (tertiary/aromatic N) is 1. The summed E-state index contributed by atoms with van der Waals surface area (Å²) in [5, 5.41) is 0. The first-order valence-electron chi connectivity index (χ1n) is 6.48. The Morgan fingerprint density at radius 2 is 2.06 bits per heavy atom. The molecule has 4 nitrogen and oxygen atoms in total. The van der Waals surface area contributed by atoms with Crippen molar-refractivity contribution in [3.8, 4) is 0 Å². The Bertz CT molecular complexity index is 341. The number of likely N-dealkylation sites (tertiary alicyclic amines) is 1. The minimum Gasteiger partial charge on any atom is -0.444 e. The Labute approximate surface area is 109 Å². The molecule has 0 N–H and O–H groups in total. The number of carbonyl (C=O) groups is 2. The van der Waals surface area contributed by atoms with Crippen LogP contribution in [0, 0.1) is 0 Å². The second-order valence-electron chi connectivity index (χ2n) is 5.64. The van der Waals surface area contributed by atoms with Gasteiger partial charge in [-0.05, 0) is 46.6 Å². The van der Waals surface area contributed by atoms with Crippen molar-refractivity contribution >= 4 is 11.9 Å². The Hall–Kier alpha value is -1.32. The van der Waals surface area contributed by atoms with Crippen LogP contribution in [0.5, 0.6) is 0 Å². The van der Waals surface area contributed by atoms with E-state index in [2.05, 4.69) is 0 Å². The van der Waals surface area contributed by atoms with E-state index in [9.17, 15) is 9.59 Å². The third-order valence-corrected chi connectivity index (χ3v) is 2.79. The summed E-state index contributed by atoms with van der Waals surface area (Å²) in [6.07, 6.45) is 5.19. The average Bonchev–Trinajstić information content (AvgIpc) is 2.63. The van der Waals surface area contributed by atoms with Crippen LogP contribution >= 0.6 is 0 Å². The quantitative estimate of drug-likeness (QED) is 0.726. The number of carbonyl (C=O) groups excluding carboxylic acids is 2. The van der Waals surface area contributed by atoms with Crippen molar-refractivity contribution in [2.24, 2.45) is 0 Å². The minimum atomic E-state index is -0.489. The molecule has 1 amide bonds. The summed E-state index contributed by atoms with van der Waals surface area (Å²) in [5.41, 5.74) is -0.489. The van der Waals surface area contributed by atoms with E-state index in [1.165, 1.54) is 0 Å². The van der Waals surface area contributed by atoms with Crippen molar-refractivity contribution in [3.05, 3.63) is 12.2 Å². The predicted molar refractivity (Wildman–Crippen MR) is 70.4 cm³/mol. The van der Waals surface area contributed by atoms with Gasteiger partial charge in [-0.3, -0.25) is 4.79 Å². The molecule has 1 aliphatic heterocycles. The maximum atomic E-state index is 12.0. The zero-order chi connectivity index (χ0) is 13.8. The molecule has 1 unspecified atom stereocenters. The van der Waals surface area contributed by atoms with Gasteiger partial charge in [0.2, 0.25) is 0 Å². The third kappa shape index (κ3) is 4.51. The van der Waals surface area contributed by atoms with Crippen LogP contribution in [-0.2, 0) is 9.53 Å². The van der Waals surface area contributed by atoms with Gasteiger partial charge in [0.15, 0.2) is 5.78 Å². The molecule has 18 heavy (non-hydrogen) atoms. The normalized spacial score (nSPS) is 20.4. The molecular weight excluding hydrogens is 230 g/mol. The van der Waals surface area contributed by atoms with Crippen LogP contribution in [0.4, 0.5) is 4.79 Å². The van der Waals surface area contributed by atoms with E-state index in [4.69, 9.17) is 4.74 Å². The molecule has 1 fully saturated rings. The van der Waals surface area contributed by atoms with Gasteiger partial charge in [-0.15, -0.1) is 0 Å². The SMILES string of the molecule is C/C=C/C(=O)CC1CCCN1C(=O)OC(C)(C)C. The maximum absolute atomic E-state index is 12.0. The van der Waals surface area contributed by atoms with Crippen molar-refractivity contribution in [1.82, 2.24) is 4.90 Å². The molecule has 0 aromatic carbocycles. The number of rotatable bonds is 3. The summed E-state index contributed by atoms with van der Waals surface area (Å²) in [6.45, 7) is 8.05. The van der Waals surface area contributed by atoms with E-state index in [-0.39, 0.29) is 17.9 Å². The summed E-state index contributed by atoms with van der Waals surface area (Å²) in [4.78, 5) is 25.3. The molecule has 1 rings (SSSR count). The van der Waals surface area contributed by atoms with Crippen LogP contribution < -0.4 is 0 Å². The summed E-state index contributed by atoms with van der Waals surface area (Å²) in [5.74, 6) is 0.0676. The van der Waals surface area contributed by atoms with Gasteiger partial charge in [0.25, 0.3) is 0 Å². The van der Waals surface area contributed by atoms with Crippen molar-refractivity contribution in [2.45, 2.75) is 58.6 Å². The van der Waals surface area contributed by atoms with Crippen LogP contribution in [0.25, 0.3) is 0 Å². The van der Waals surface area contributed by atoms with Crippen molar-refractivity contribution in [2.75, 3.05) is 6.54 Å². The van der Waals surface area contributed by atoms with Crippen LogP contribution in [0.2, 0.25) is 0 Å². The summed E-state index contributed by atoms with van der Waals surface area (Å²) < 4.78 is 5.35. The lowest BCUT2D eigenvalue weighted by molar-refractivity contribution is -0.115. The van der Waals surface area contributed by atoms with E-state index in [1.54, 1.807) is 17.1 Å². The summed E-state index contributed by atoms with van der Waals surface area (Å²) in [6, 6.07) is -0.0106. The second-order valence-corrected chi connectivity index (χ2v) is 5.64. The van der Waals surface area contributed by atoms with Gasteiger partial charge >= 0.3 is 6.09 Å². The molecule has 0 radical (unpaired) electrons. The predicted octanol–water partition coefficient (Wildman–Crippen LogP) is 2.92. The fourth-order valence-corrected chi connectivity index (χ4v) is 2.10. The number of hydrogen-bond acceptors (Lipinski definition) is 3. The number of amides is 1. The fraction of sp³-hybridized carbons (Fsp3) is 0.714. The molecule has 0 bridgehead atoms. The molecule has 4 heteroatoms. The van der Waals surface area contributed by atoms with Crippen molar-refractivity contribution < 1.29 is 14.3 Å². The highest BCUT2D eigenvalue weighted by molar-refractivity contribution is 5.90. The summed E-state index contributed by atoms with van der Waals surface area (Å²) >= 11 is 0. The summed E-state index contributed by atoms with van der Waals surface area (Å²) in [7, 11) is 0. The third-order valence-electron chi connectivity index (χ3n) is 2.79. The van der Waals surface area contributed by atoms with Gasteiger partial charge in [-0.2, -0.15) is 0 Å². The van der Waals surface area contributed by atoms with E-state index in [0.29, 0.717) is 13.0 Å². The smallest absolute Gasteiger partial charge is 0.410 e. The molecule has 102 valence electrons. The monoisotopic (exact) mass is 253 g/mol. The lowest BCUT2D eigenvalue weighted by Crippen LogP contribution is -2.40. The van der Waals surface area contributed by atoms with Gasteiger partial charge in [-0.1, -0.05) is 6.08 Å². The molecule has 1 aliphatic rings. The van der Waals surface area contributed by atoms with E-state index in [0.717, 1.165) is 12.8 Å². The molecule has 0 aliphatic carbocycles. The van der Waals surface area contributed by atoms with Gasteiger partial charge in [0.05, 0.1) is 0 Å². The molecule has 1 heterocycles. The van der Waals surface area contributed by atoms with E-state index in [1.807, 2.05) is 27.7 Å². The number of ketones is 1. The second kappa shape index (κ2) is 6.03. The van der Waals surface area contributed by atoms with Gasteiger partial charge in [-0.25, -0.2) is 4.79 Å². The highest BCUT2D eigenvalue weighted by atomic mass is 16.6. The zero-order valence-electron chi connectivity index (χ0n) is 11.7. The first-order valence-corrected chi connectivity index (χ1v) is 6.48. The molecule has 0 saturated carbocycles. The zero-order valence-corrected chi connectivity index (χ0v) is 11.7. The molecular formula is C14H23NO3. The lowest BCUT2D eigenvalue weighted by atomic mass is 10.1. The Balaban J connectivity index is 2.59. The molecule has 1 atom stereocenters. The first-order chi connectivity index (χ1) is 8.33. The number of hydrogen-bond donors (Lipinski definition) is 0. The van der Waals surface area contributed by atoms with E-state index < -0.39 is 5.60 Å². The first kappa shape index (κ1) is 14.7. The standard InChI is InChI=1S/C14H23NO3/c1-5-7-12(16)10-11-8-6-9-15(11)13(17)18-14(2,3)4/h5,7,11H,6,8-10H2,1-4H3/b7-5+. The highest BCUT2D eigenvalue weighted by Crippen LogP contribution is 2.23. The van der Waals surface area contributed by atoms with E-state index >= 15 is 0 Å². The number of allylic oxidation sites excluding steroid dienone is 2. The van der Waals surface area contributed by atoms with Crippen LogP contribution in [0.1, 0.15) is 47.0 Å². The highest BCUT2D eigenvalue weighted by Gasteiger charge is 2.32. The van der Waals surface area contributed by atoms with Gasteiger partial charge in [0, 0.05) is 19.0 Å². The molecule has 0 aromatic heterocycles. The van der Waals surface area contributed by atoms with Gasteiger partial charge < -0.3 is 9.64 Å². The van der Waals surface area contributed by atoms with Crippen LogP contribution in [0.3, 0.4) is 0 Å². The Morgan fingerprint density at radius 1 is 1.39 bits per heavy atom. The Morgan fingerprint density at radius 3 is 2.61 bits per heavy atom. The average molecular weight is 253 g/mol. The topological polar surface area (TPSA) is 46.6 Å².